The minimum Gasteiger partial charge on any atom is -0.392 e. The fraction of sp³-hybridized carbons (Fsp3) is 0.308. The van der Waals surface area contributed by atoms with Gasteiger partial charge in [0.25, 0.3) is 0 Å². The van der Waals surface area contributed by atoms with E-state index >= 15 is 0 Å². The van der Waals surface area contributed by atoms with E-state index in [0.29, 0.717) is 24.1 Å². The minimum atomic E-state index is -0.363. The van der Waals surface area contributed by atoms with E-state index in [4.69, 9.17) is 5.11 Å². The summed E-state index contributed by atoms with van der Waals surface area (Å²) in [5, 5.41) is 11.6. The van der Waals surface area contributed by atoms with E-state index < -0.39 is 0 Å². The van der Waals surface area contributed by atoms with Crippen molar-refractivity contribution in [1.82, 2.24) is 5.32 Å². The van der Waals surface area contributed by atoms with Gasteiger partial charge in [0.05, 0.1) is 6.61 Å². The molecule has 2 N–H and O–H groups in total. The van der Waals surface area contributed by atoms with Crippen LogP contribution in [-0.4, -0.2) is 17.6 Å². The number of aliphatic hydroxyl groups excluding tert-OH is 1. The van der Waals surface area contributed by atoms with Crippen LogP contribution in [0.2, 0.25) is 0 Å². The van der Waals surface area contributed by atoms with Crippen LogP contribution >= 0.6 is 0 Å². The van der Waals surface area contributed by atoms with Gasteiger partial charge in [0, 0.05) is 13.5 Å². The van der Waals surface area contributed by atoms with Crippen LogP contribution in [0.15, 0.2) is 24.3 Å². The molecule has 1 aromatic carbocycles. The summed E-state index contributed by atoms with van der Waals surface area (Å²) in [5.74, 6) is -0.426. The number of hydrogen-bond acceptors (Lipinski definition) is 2. The van der Waals surface area contributed by atoms with E-state index in [1.807, 2.05) is 6.08 Å². The largest absolute Gasteiger partial charge is 0.392 e. The van der Waals surface area contributed by atoms with Crippen LogP contribution in [0.3, 0.4) is 0 Å². The first kappa shape index (κ1) is 13.4. The van der Waals surface area contributed by atoms with Gasteiger partial charge in [-0.25, -0.2) is 4.39 Å². The monoisotopic (exact) mass is 237 g/mol. The van der Waals surface area contributed by atoms with Gasteiger partial charge in [0.2, 0.25) is 5.91 Å². The summed E-state index contributed by atoms with van der Waals surface area (Å²) in [7, 11) is 0. The van der Waals surface area contributed by atoms with Crippen LogP contribution in [0.1, 0.15) is 24.5 Å². The number of halogens is 1. The molecule has 0 radical (unpaired) electrons. The molecule has 0 fully saturated rings. The highest BCUT2D eigenvalue weighted by Gasteiger charge is 1.97. The van der Waals surface area contributed by atoms with Crippen molar-refractivity contribution < 1.29 is 14.3 Å². The molecule has 92 valence electrons. The van der Waals surface area contributed by atoms with Gasteiger partial charge < -0.3 is 10.4 Å². The number of aliphatic hydroxyl groups is 1. The molecule has 0 bridgehead atoms. The predicted molar refractivity (Wildman–Crippen MR) is 64.7 cm³/mol. The number of carbonyl (C=O) groups excluding carboxylic acids is 1. The summed E-state index contributed by atoms with van der Waals surface area (Å²) in [5.41, 5.74) is 1.25. The van der Waals surface area contributed by atoms with Crippen molar-refractivity contribution in [2.45, 2.75) is 20.0 Å². The standard InChI is InChI=1S/C13H16FNO2/c1-10(17)15-5-3-2-4-11-6-12(9-16)8-13(14)7-11/h2,4,6-8,16H,3,5,9H2,1H3,(H,15,17). The van der Waals surface area contributed by atoms with Crippen LogP contribution < -0.4 is 5.32 Å². The van der Waals surface area contributed by atoms with Crippen LogP contribution in [0.4, 0.5) is 4.39 Å². The Morgan fingerprint density at radius 2 is 2.24 bits per heavy atom. The molecule has 4 heteroatoms. The zero-order valence-electron chi connectivity index (χ0n) is 9.74. The second-order valence-electron chi connectivity index (χ2n) is 3.72. The molecule has 0 saturated carbocycles. The third kappa shape index (κ3) is 5.26. The lowest BCUT2D eigenvalue weighted by molar-refractivity contribution is -0.118. The van der Waals surface area contributed by atoms with Crippen LogP contribution in [-0.2, 0) is 11.4 Å². The Balaban J connectivity index is 2.52. The SMILES string of the molecule is CC(=O)NCCC=Cc1cc(F)cc(CO)c1. The Morgan fingerprint density at radius 3 is 2.88 bits per heavy atom. The zero-order chi connectivity index (χ0) is 12.7. The molecule has 1 amide bonds. The first-order valence-corrected chi connectivity index (χ1v) is 5.43. The molecule has 0 atom stereocenters. The van der Waals surface area contributed by atoms with Gasteiger partial charge in [0.1, 0.15) is 5.82 Å². The summed E-state index contributed by atoms with van der Waals surface area (Å²) in [6.45, 7) is 1.85. The first-order valence-electron chi connectivity index (χ1n) is 5.43. The number of rotatable bonds is 5. The molecule has 0 aliphatic carbocycles. The lowest BCUT2D eigenvalue weighted by Crippen LogP contribution is -2.20. The zero-order valence-corrected chi connectivity index (χ0v) is 9.74. The normalized spacial score (nSPS) is 10.8. The molecule has 0 heterocycles. The average Bonchev–Trinajstić information content (AvgIpc) is 2.27. The minimum absolute atomic E-state index is 0.0632. The van der Waals surface area contributed by atoms with Crippen molar-refractivity contribution >= 4 is 12.0 Å². The number of benzene rings is 1. The molecule has 0 unspecified atom stereocenters. The maximum Gasteiger partial charge on any atom is 0.216 e. The lowest BCUT2D eigenvalue weighted by Gasteiger charge is -2.00. The van der Waals surface area contributed by atoms with Gasteiger partial charge >= 0.3 is 0 Å². The van der Waals surface area contributed by atoms with E-state index in [1.54, 1.807) is 12.1 Å². The average molecular weight is 237 g/mol. The van der Waals surface area contributed by atoms with Crippen molar-refractivity contribution in [3.63, 3.8) is 0 Å². The molecule has 0 spiro atoms. The van der Waals surface area contributed by atoms with Crippen molar-refractivity contribution in [3.8, 4) is 0 Å². The van der Waals surface area contributed by atoms with E-state index in [9.17, 15) is 9.18 Å². The molecule has 1 rings (SSSR count). The molecular weight excluding hydrogens is 221 g/mol. The van der Waals surface area contributed by atoms with Gasteiger partial charge in [-0.2, -0.15) is 0 Å². The van der Waals surface area contributed by atoms with Crippen molar-refractivity contribution in [1.29, 1.82) is 0 Å². The van der Waals surface area contributed by atoms with Gasteiger partial charge in [-0.3, -0.25) is 4.79 Å². The highest BCUT2D eigenvalue weighted by molar-refractivity contribution is 5.72. The summed E-state index contributed by atoms with van der Waals surface area (Å²) in [6, 6.07) is 4.42. The van der Waals surface area contributed by atoms with Crippen molar-refractivity contribution in [2.75, 3.05) is 6.54 Å². The third-order valence-electron chi connectivity index (χ3n) is 2.16. The van der Waals surface area contributed by atoms with Gasteiger partial charge in [-0.15, -0.1) is 0 Å². The number of hydrogen-bond donors (Lipinski definition) is 2. The fourth-order valence-corrected chi connectivity index (χ4v) is 1.41. The number of nitrogens with one attached hydrogen (secondary N) is 1. The van der Waals surface area contributed by atoms with Gasteiger partial charge in [0.15, 0.2) is 0 Å². The molecule has 0 saturated heterocycles. The molecule has 0 aliphatic heterocycles. The fourth-order valence-electron chi connectivity index (χ4n) is 1.41. The van der Waals surface area contributed by atoms with Crippen molar-refractivity contribution in [2.24, 2.45) is 0 Å². The smallest absolute Gasteiger partial charge is 0.216 e. The number of amides is 1. The molecule has 17 heavy (non-hydrogen) atoms. The Labute approximate surface area is 100.0 Å². The van der Waals surface area contributed by atoms with Crippen LogP contribution in [0, 0.1) is 5.82 Å². The van der Waals surface area contributed by atoms with E-state index in [1.165, 1.54) is 19.1 Å². The third-order valence-corrected chi connectivity index (χ3v) is 2.16. The Bertz CT molecular complexity index is 416. The molecule has 3 nitrogen and oxygen atoms in total. The van der Waals surface area contributed by atoms with Crippen molar-refractivity contribution in [3.05, 3.63) is 41.2 Å². The summed E-state index contributed by atoms with van der Waals surface area (Å²) in [6.07, 6.45) is 4.31. The molecule has 0 aliphatic rings. The van der Waals surface area contributed by atoms with E-state index in [0.717, 1.165) is 0 Å². The lowest BCUT2D eigenvalue weighted by atomic mass is 10.1. The van der Waals surface area contributed by atoms with Gasteiger partial charge in [-0.05, 0) is 35.7 Å². The Kier molecular flexibility index (Phi) is 5.36. The maximum atomic E-state index is 13.1. The topological polar surface area (TPSA) is 49.3 Å². The van der Waals surface area contributed by atoms with Gasteiger partial charge in [-0.1, -0.05) is 12.2 Å². The molecule has 0 aromatic heterocycles. The highest BCUT2D eigenvalue weighted by Crippen LogP contribution is 2.11. The Hall–Kier alpha value is -1.68. The van der Waals surface area contributed by atoms with Crippen LogP contribution in [0.5, 0.6) is 0 Å². The Morgan fingerprint density at radius 1 is 1.47 bits per heavy atom. The second-order valence-corrected chi connectivity index (χ2v) is 3.72. The van der Waals surface area contributed by atoms with Crippen LogP contribution in [0.25, 0.3) is 6.08 Å². The summed E-state index contributed by atoms with van der Waals surface area (Å²) >= 11 is 0. The molecular formula is C13H16FNO2. The summed E-state index contributed by atoms with van der Waals surface area (Å²) in [4.78, 5) is 10.6. The maximum absolute atomic E-state index is 13.1. The van der Waals surface area contributed by atoms with E-state index in [-0.39, 0.29) is 18.3 Å². The van der Waals surface area contributed by atoms with E-state index in [2.05, 4.69) is 5.32 Å². The quantitative estimate of drug-likeness (QED) is 0.768. The molecule has 1 aromatic rings. The number of carbonyl (C=O) groups is 1. The predicted octanol–water partition coefficient (Wildman–Crippen LogP) is 1.86. The summed E-state index contributed by atoms with van der Waals surface area (Å²) < 4.78 is 13.1. The second kappa shape index (κ2) is 6.81. The highest BCUT2D eigenvalue weighted by atomic mass is 19.1. The first-order chi connectivity index (χ1) is 8.11.